The molecule has 10 nitrogen and oxygen atoms in total. The minimum atomic E-state index is -4.73. The van der Waals surface area contributed by atoms with E-state index >= 15 is 0 Å². The van der Waals surface area contributed by atoms with Gasteiger partial charge in [-0.15, -0.1) is 0 Å². The quantitative estimate of drug-likeness (QED) is 0.504. The molecule has 1 aliphatic heterocycles. The zero-order valence-electron chi connectivity index (χ0n) is 14.8. The molecule has 0 radical (unpaired) electrons. The molecule has 0 atom stereocenters. The number of halogens is 3. The number of rotatable bonds is 7. The van der Waals surface area contributed by atoms with Crippen molar-refractivity contribution in [1.82, 2.24) is 9.80 Å². The van der Waals surface area contributed by atoms with Crippen LogP contribution in [0.25, 0.3) is 0 Å². The van der Waals surface area contributed by atoms with E-state index in [1.165, 1.54) is 12.4 Å². The molecule has 1 aromatic rings. The summed E-state index contributed by atoms with van der Waals surface area (Å²) in [6, 6.07) is 2.01. The summed E-state index contributed by atoms with van der Waals surface area (Å²) >= 11 is 0. The van der Waals surface area contributed by atoms with E-state index in [4.69, 9.17) is 5.73 Å². The number of nitro benzene ring substituents is 1. The number of nitro groups is 1. The van der Waals surface area contributed by atoms with E-state index in [1.807, 2.05) is 0 Å². The highest BCUT2D eigenvalue weighted by atomic mass is 19.4. The monoisotopic (exact) mass is 415 g/mol. The Labute approximate surface area is 161 Å². The van der Waals surface area contributed by atoms with Crippen molar-refractivity contribution in [3.8, 4) is 0 Å². The Kier molecular flexibility index (Phi) is 6.41. The average molecular weight is 415 g/mol. The number of hydrogen-bond acceptors (Lipinski definition) is 6. The van der Waals surface area contributed by atoms with E-state index in [2.05, 4.69) is 5.32 Å². The molecular weight excluding hydrogens is 399 g/mol. The highest BCUT2D eigenvalue weighted by Crippen LogP contribution is 2.34. The molecule has 29 heavy (non-hydrogen) atoms. The molecule has 3 amide bonds. The average Bonchev–Trinajstić information content (AvgIpc) is 2.62. The second-order valence-corrected chi connectivity index (χ2v) is 5.97. The van der Waals surface area contributed by atoms with Crippen molar-refractivity contribution in [3.05, 3.63) is 46.3 Å². The van der Waals surface area contributed by atoms with E-state index < -0.39 is 40.1 Å². The third-order valence-corrected chi connectivity index (χ3v) is 3.88. The van der Waals surface area contributed by atoms with Crippen LogP contribution in [0.15, 0.2) is 30.6 Å². The van der Waals surface area contributed by atoms with Crippen molar-refractivity contribution in [3.63, 3.8) is 0 Å². The third-order valence-electron chi connectivity index (χ3n) is 3.88. The summed E-state index contributed by atoms with van der Waals surface area (Å²) in [6.45, 7) is -0.756. The molecule has 156 valence electrons. The number of carbonyl (C=O) groups excluding carboxylic acids is 3. The number of nitrogens with one attached hydrogen (secondary N) is 1. The van der Waals surface area contributed by atoms with Gasteiger partial charge in [-0.25, -0.2) is 0 Å². The Morgan fingerprint density at radius 2 is 1.97 bits per heavy atom. The van der Waals surface area contributed by atoms with Gasteiger partial charge in [0.2, 0.25) is 17.7 Å². The number of nitrogens with two attached hydrogens (primary N) is 1. The first-order valence-electron chi connectivity index (χ1n) is 8.14. The second kappa shape index (κ2) is 8.58. The van der Waals surface area contributed by atoms with Crippen molar-refractivity contribution in [2.45, 2.75) is 12.6 Å². The molecule has 1 heterocycles. The van der Waals surface area contributed by atoms with Gasteiger partial charge in [0.15, 0.2) is 0 Å². The highest BCUT2D eigenvalue weighted by molar-refractivity contribution is 5.90. The number of hydrogen-bond donors (Lipinski definition) is 2. The molecule has 3 N–H and O–H groups in total. The van der Waals surface area contributed by atoms with Crippen molar-refractivity contribution in [1.29, 1.82) is 0 Å². The Bertz CT molecular complexity index is 871. The van der Waals surface area contributed by atoms with Crippen molar-refractivity contribution >= 4 is 29.1 Å². The summed E-state index contributed by atoms with van der Waals surface area (Å²) in [7, 11) is 0. The Hall–Kier alpha value is -3.64. The molecule has 2 rings (SSSR count). The molecule has 0 saturated heterocycles. The number of anilines is 1. The molecule has 13 heteroatoms. The predicted octanol–water partition coefficient (Wildman–Crippen LogP) is 1.04. The Morgan fingerprint density at radius 3 is 2.52 bits per heavy atom. The molecule has 0 spiro atoms. The van der Waals surface area contributed by atoms with E-state index in [0.29, 0.717) is 12.1 Å². The Balaban J connectivity index is 1.98. The SMILES string of the molecule is NC(=O)CN1C=CN(C(=O)CCNc2ccc(C(F)(F)F)cc2[N+](=O)[O-])CC1=O. The zero-order chi connectivity index (χ0) is 21.8. The first kappa shape index (κ1) is 21.7. The maximum atomic E-state index is 12.7. The van der Waals surface area contributed by atoms with Gasteiger partial charge < -0.3 is 20.9 Å². The largest absolute Gasteiger partial charge is 0.416 e. The molecule has 0 fully saturated rings. The summed E-state index contributed by atoms with van der Waals surface area (Å²) in [5, 5.41) is 13.6. The van der Waals surface area contributed by atoms with Crippen molar-refractivity contribution < 1.29 is 32.5 Å². The van der Waals surface area contributed by atoms with Crippen molar-refractivity contribution in [2.24, 2.45) is 5.73 Å². The zero-order valence-corrected chi connectivity index (χ0v) is 14.8. The summed E-state index contributed by atoms with van der Waals surface area (Å²) < 4.78 is 38.1. The fraction of sp³-hybridized carbons (Fsp3) is 0.312. The molecule has 0 bridgehead atoms. The molecule has 0 unspecified atom stereocenters. The number of benzene rings is 1. The van der Waals surface area contributed by atoms with Crippen LogP contribution in [0.2, 0.25) is 0 Å². The maximum Gasteiger partial charge on any atom is 0.416 e. The molecule has 1 aliphatic rings. The number of nitrogens with zero attached hydrogens (tertiary/aromatic N) is 3. The molecule has 0 saturated carbocycles. The fourth-order valence-electron chi connectivity index (χ4n) is 2.47. The number of amides is 3. The molecule has 0 aromatic heterocycles. The number of alkyl halides is 3. The predicted molar refractivity (Wildman–Crippen MR) is 93.0 cm³/mol. The lowest BCUT2D eigenvalue weighted by Crippen LogP contribution is -2.45. The van der Waals surface area contributed by atoms with E-state index in [9.17, 15) is 37.7 Å². The van der Waals surface area contributed by atoms with Crippen LogP contribution >= 0.6 is 0 Å². The van der Waals surface area contributed by atoms with Crippen LogP contribution < -0.4 is 11.1 Å². The molecule has 0 aliphatic carbocycles. The van der Waals surface area contributed by atoms with Crippen LogP contribution in [-0.2, 0) is 20.6 Å². The van der Waals surface area contributed by atoms with Gasteiger partial charge in [-0.2, -0.15) is 13.2 Å². The van der Waals surface area contributed by atoms with Gasteiger partial charge in [-0.3, -0.25) is 24.5 Å². The topological polar surface area (TPSA) is 139 Å². The lowest BCUT2D eigenvalue weighted by Gasteiger charge is -2.27. The van der Waals surface area contributed by atoms with E-state index in [1.54, 1.807) is 0 Å². The van der Waals surface area contributed by atoms with Crippen LogP contribution in [0.4, 0.5) is 24.5 Å². The first-order chi connectivity index (χ1) is 13.5. The van der Waals surface area contributed by atoms with Gasteiger partial charge in [0, 0.05) is 31.4 Å². The van der Waals surface area contributed by atoms with Gasteiger partial charge in [-0.05, 0) is 12.1 Å². The van der Waals surface area contributed by atoms with E-state index in [0.717, 1.165) is 15.9 Å². The van der Waals surface area contributed by atoms with Gasteiger partial charge in [0.25, 0.3) is 5.69 Å². The lowest BCUT2D eigenvalue weighted by molar-refractivity contribution is -0.384. The van der Waals surface area contributed by atoms with Crippen LogP contribution in [0.1, 0.15) is 12.0 Å². The molecule has 1 aromatic carbocycles. The Morgan fingerprint density at radius 1 is 1.28 bits per heavy atom. The van der Waals surface area contributed by atoms with Gasteiger partial charge in [-0.1, -0.05) is 0 Å². The minimum Gasteiger partial charge on any atom is -0.379 e. The van der Waals surface area contributed by atoms with Gasteiger partial charge in [0.05, 0.1) is 10.5 Å². The third kappa shape index (κ3) is 5.67. The first-order valence-corrected chi connectivity index (χ1v) is 8.14. The van der Waals surface area contributed by atoms with Crippen LogP contribution in [-0.4, -0.2) is 52.1 Å². The summed E-state index contributed by atoms with van der Waals surface area (Å²) in [5.41, 5.74) is 2.89. The lowest BCUT2D eigenvalue weighted by atomic mass is 10.1. The van der Waals surface area contributed by atoms with Crippen LogP contribution in [0, 0.1) is 10.1 Å². The highest BCUT2D eigenvalue weighted by Gasteiger charge is 2.33. The second-order valence-electron chi connectivity index (χ2n) is 5.97. The maximum absolute atomic E-state index is 12.7. The fourth-order valence-corrected chi connectivity index (χ4v) is 2.47. The standard InChI is InChI=1S/C16H16F3N5O5/c17-16(18,19)10-1-2-11(12(7-10)24(28)29)21-4-3-14(26)23-6-5-22(8-13(20)25)15(27)9-23/h1-2,5-7,21H,3-4,8-9H2,(H2,20,25). The minimum absolute atomic E-state index is 0.116. The summed E-state index contributed by atoms with van der Waals surface area (Å²) in [4.78, 5) is 47.1. The van der Waals surface area contributed by atoms with E-state index in [-0.39, 0.29) is 31.7 Å². The number of carbonyl (C=O) groups is 3. The smallest absolute Gasteiger partial charge is 0.379 e. The summed E-state index contributed by atoms with van der Waals surface area (Å²) in [5.74, 6) is -1.74. The van der Waals surface area contributed by atoms with Gasteiger partial charge >= 0.3 is 6.18 Å². The van der Waals surface area contributed by atoms with Crippen molar-refractivity contribution in [2.75, 3.05) is 25.0 Å². The number of primary amides is 1. The van der Waals surface area contributed by atoms with Gasteiger partial charge in [0.1, 0.15) is 18.8 Å². The normalized spacial score (nSPS) is 14.1. The van der Waals surface area contributed by atoms with Crippen LogP contribution in [0.3, 0.4) is 0 Å². The molecular formula is C16H16F3N5O5. The van der Waals surface area contributed by atoms with Crippen LogP contribution in [0.5, 0.6) is 0 Å². The summed E-state index contributed by atoms with van der Waals surface area (Å²) in [6.07, 6.45) is -2.41.